The second kappa shape index (κ2) is 5.16. The Bertz CT molecular complexity index is 784. The van der Waals surface area contributed by atoms with Gasteiger partial charge in [0.15, 0.2) is 5.69 Å². The molecule has 0 radical (unpaired) electrons. The molecule has 5 heteroatoms. The minimum Gasteiger partial charge on any atom is -0.247 e. The Kier molecular flexibility index (Phi) is 3.20. The Hall–Kier alpha value is -2.64. The third-order valence-corrected chi connectivity index (χ3v) is 3.23. The van der Waals surface area contributed by atoms with Crippen LogP contribution in [0.2, 0.25) is 5.02 Å². The highest BCUT2D eigenvalue weighted by Gasteiger charge is 2.10. The zero-order valence-electron chi connectivity index (χ0n) is 10.3. The number of halogens is 1. The van der Waals surface area contributed by atoms with Gasteiger partial charge in [-0.05, 0) is 29.3 Å². The molecule has 4 nitrogen and oxygen atoms in total. The topological polar surface area (TPSA) is 65.4 Å². The monoisotopic (exact) mass is 280 g/mol. The van der Waals surface area contributed by atoms with E-state index in [4.69, 9.17) is 16.9 Å². The Morgan fingerprint density at radius 3 is 2.50 bits per heavy atom. The first kappa shape index (κ1) is 12.4. The molecule has 1 heterocycles. The number of nitrogens with one attached hydrogen (secondary N) is 1. The molecule has 0 saturated heterocycles. The van der Waals surface area contributed by atoms with Crippen LogP contribution in [0.15, 0.2) is 48.5 Å². The fourth-order valence-electron chi connectivity index (χ4n) is 2.00. The zero-order chi connectivity index (χ0) is 13.9. The van der Waals surface area contributed by atoms with Crippen molar-refractivity contribution in [2.45, 2.75) is 0 Å². The number of hydrogen-bond acceptors (Lipinski definition) is 3. The fraction of sp³-hybridized carbons (Fsp3) is 0. The normalized spacial score (nSPS) is 10.2. The van der Waals surface area contributed by atoms with Gasteiger partial charge in [0.2, 0.25) is 0 Å². The molecule has 3 aromatic rings. The Morgan fingerprint density at radius 1 is 1.00 bits per heavy atom. The molecular formula is C15H9ClN4. The summed E-state index contributed by atoms with van der Waals surface area (Å²) in [5, 5.41) is 19.9. The van der Waals surface area contributed by atoms with Gasteiger partial charge >= 0.3 is 0 Å². The molecule has 3 rings (SSSR count). The van der Waals surface area contributed by atoms with Crippen molar-refractivity contribution in [3.8, 4) is 28.5 Å². The van der Waals surface area contributed by atoms with Gasteiger partial charge in [0, 0.05) is 10.6 Å². The van der Waals surface area contributed by atoms with Gasteiger partial charge < -0.3 is 0 Å². The van der Waals surface area contributed by atoms with Crippen molar-refractivity contribution in [2.24, 2.45) is 0 Å². The van der Waals surface area contributed by atoms with Crippen molar-refractivity contribution in [3.63, 3.8) is 0 Å². The molecule has 1 aromatic heterocycles. The van der Waals surface area contributed by atoms with E-state index in [-0.39, 0.29) is 0 Å². The van der Waals surface area contributed by atoms with E-state index < -0.39 is 0 Å². The first-order chi connectivity index (χ1) is 9.78. The lowest BCUT2D eigenvalue weighted by atomic mass is 10.0. The van der Waals surface area contributed by atoms with Gasteiger partial charge in [-0.2, -0.15) is 5.26 Å². The second-order valence-corrected chi connectivity index (χ2v) is 4.67. The Labute approximate surface area is 120 Å². The molecule has 0 unspecified atom stereocenters. The second-order valence-electron chi connectivity index (χ2n) is 4.23. The summed E-state index contributed by atoms with van der Waals surface area (Å²) in [7, 11) is 0. The molecule has 2 aromatic carbocycles. The van der Waals surface area contributed by atoms with E-state index >= 15 is 0 Å². The van der Waals surface area contributed by atoms with Crippen molar-refractivity contribution < 1.29 is 0 Å². The number of nitriles is 1. The number of nitrogens with zero attached hydrogens (tertiary/aromatic N) is 3. The van der Waals surface area contributed by atoms with Crippen LogP contribution in [0.25, 0.3) is 22.4 Å². The van der Waals surface area contributed by atoms with E-state index in [1.807, 2.05) is 54.6 Å². The van der Waals surface area contributed by atoms with Crippen LogP contribution in [0.1, 0.15) is 5.69 Å². The molecule has 0 atom stereocenters. The summed E-state index contributed by atoms with van der Waals surface area (Å²) < 4.78 is 0. The maximum Gasteiger partial charge on any atom is 0.163 e. The van der Waals surface area contributed by atoms with Crippen molar-refractivity contribution in [2.75, 3.05) is 0 Å². The van der Waals surface area contributed by atoms with Crippen molar-refractivity contribution in [1.29, 1.82) is 5.26 Å². The predicted octanol–water partition coefficient (Wildman–Crippen LogP) is 3.66. The van der Waals surface area contributed by atoms with Crippen LogP contribution in [0, 0.1) is 11.3 Å². The fourth-order valence-corrected chi connectivity index (χ4v) is 2.12. The first-order valence-corrected chi connectivity index (χ1v) is 6.33. The minimum absolute atomic E-state index is 0.359. The van der Waals surface area contributed by atoms with Gasteiger partial charge in [0.25, 0.3) is 0 Å². The standard InChI is InChI=1S/C15H9ClN4/c16-13-6-4-10(5-7-13)11-2-1-3-12(8-11)15-14(9-17)18-20-19-15/h1-8H,(H,18,19,20). The highest BCUT2D eigenvalue weighted by Crippen LogP contribution is 2.27. The van der Waals surface area contributed by atoms with Gasteiger partial charge in [-0.25, -0.2) is 5.10 Å². The van der Waals surface area contributed by atoms with E-state index in [0.29, 0.717) is 16.4 Å². The van der Waals surface area contributed by atoms with Crippen LogP contribution in [-0.4, -0.2) is 15.4 Å². The summed E-state index contributed by atoms with van der Waals surface area (Å²) in [5.41, 5.74) is 3.86. The van der Waals surface area contributed by atoms with Crippen LogP contribution in [0.5, 0.6) is 0 Å². The summed E-state index contributed by atoms with van der Waals surface area (Å²) >= 11 is 5.89. The average Bonchev–Trinajstić information content (AvgIpc) is 2.96. The van der Waals surface area contributed by atoms with Crippen LogP contribution < -0.4 is 0 Å². The summed E-state index contributed by atoms with van der Waals surface area (Å²) in [6, 6.07) is 17.4. The number of aromatic amines is 1. The highest BCUT2D eigenvalue weighted by atomic mass is 35.5. The molecule has 1 N–H and O–H groups in total. The third-order valence-electron chi connectivity index (χ3n) is 2.97. The van der Waals surface area contributed by atoms with Gasteiger partial charge in [-0.3, -0.25) is 0 Å². The molecule has 0 spiro atoms. The number of aromatic nitrogens is 3. The predicted molar refractivity (Wildman–Crippen MR) is 77.0 cm³/mol. The molecular weight excluding hydrogens is 272 g/mol. The zero-order valence-corrected chi connectivity index (χ0v) is 11.1. The first-order valence-electron chi connectivity index (χ1n) is 5.95. The smallest absolute Gasteiger partial charge is 0.163 e. The summed E-state index contributed by atoms with van der Waals surface area (Å²) in [6.45, 7) is 0. The summed E-state index contributed by atoms with van der Waals surface area (Å²) in [5.74, 6) is 0. The van der Waals surface area contributed by atoms with Gasteiger partial charge in [0.05, 0.1) is 0 Å². The average molecular weight is 281 g/mol. The van der Waals surface area contributed by atoms with E-state index in [1.54, 1.807) is 0 Å². The molecule has 0 bridgehead atoms. The van der Waals surface area contributed by atoms with Crippen LogP contribution >= 0.6 is 11.6 Å². The molecule has 0 aliphatic carbocycles. The maximum atomic E-state index is 9.01. The summed E-state index contributed by atoms with van der Waals surface area (Å²) in [4.78, 5) is 0. The SMILES string of the molecule is N#Cc1[nH]nnc1-c1cccc(-c2ccc(Cl)cc2)c1. The Balaban J connectivity index is 2.06. The minimum atomic E-state index is 0.359. The largest absolute Gasteiger partial charge is 0.247 e. The third kappa shape index (κ3) is 2.27. The number of H-pyrrole nitrogens is 1. The van der Waals surface area contributed by atoms with Gasteiger partial charge in [-0.15, -0.1) is 5.10 Å². The van der Waals surface area contributed by atoms with Gasteiger partial charge in [-0.1, -0.05) is 47.1 Å². The Morgan fingerprint density at radius 2 is 1.75 bits per heavy atom. The summed E-state index contributed by atoms with van der Waals surface area (Å²) in [6.07, 6.45) is 0. The molecule has 96 valence electrons. The molecule has 0 saturated carbocycles. The lowest BCUT2D eigenvalue weighted by molar-refractivity contribution is 0.937. The van der Waals surface area contributed by atoms with Crippen LogP contribution in [0.3, 0.4) is 0 Å². The van der Waals surface area contributed by atoms with Crippen molar-refractivity contribution in [3.05, 3.63) is 59.2 Å². The highest BCUT2D eigenvalue weighted by molar-refractivity contribution is 6.30. The lowest BCUT2D eigenvalue weighted by Gasteiger charge is -2.04. The van der Waals surface area contributed by atoms with Crippen LogP contribution in [0.4, 0.5) is 0 Å². The molecule has 0 amide bonds. The lowest BCUT2D eigenvalue weighted by Crippen LogP contribution is -1.84. The van der Waals surface area contributed by atoms with Crippen LogP contribution in [-0.2, 0) is 0 Å². The van der Waals surface area contributed by atoms with E-state index in [9.17, 15) is 0 Å². The number of hydrogen-bond donors (Lipinski definition) is 1. The molecule has 0 aliphatic heterocycles. The van der Waals surface area contributed by atoms with E-state index in [0.717, 1.165) is 16.7 Å². The molecule has 0 aliphatic rings. The number of benzene rings is 2. The molecule has 20 heavy (non-hydrogen) atoms. The maximum absolute atomic E-state index is 9.01. The quantitative estimate of drug-likeness (QED) is 0.779. The van der Waals surface area contributed by atoms with E-state index in [2.05, 4.69) is 15.4 Å². The van der Waals surface area contributed by atoms with E-state index in [1.165, 1.54) is 0 Å². The van der Waals surface area contributed by atoms with Gasteiger partial charge in [0.1, 0.15) is 11.8 Å². The number of rotatable bonds is 2. The van der Waals surface area contributed by atoms with Crippen molar-refractivity contribution >= 4 is 11.6 Å². The molecule has 0 fully saturated rings. The van der Waals surface area contributed by atoms with Crippen molar-refractivity contribution in [1.82, 2.24) is 15.4 Å².